The van der Waals surface area contributed by atoms with Gasteiger partial charge in [-0.15, -0.1) is 0 Å². The number of H-pyrrole nitrogens is 2. The van der Waals surface area contributed by atoms with Gasteiger partial charge in [0.2, 0.25) is 0 Å². The average Bonchev–Trinajstić information content (AvgIpc) is 3.48. The van der Waals surface area contributed by atoms with E-state index in [1.165, 1.54) is 0 Å². The predicted molar refractivity (Wildman–Crippen MR) is 142 cm³/mol. The van der Waals surface area contributed by atoms with Crippen molar-refractivity contribution in [3.05, 3.63) is 64.9 Å². The van der Waals surface area contributed by atoms with Crippen LogP contribution in [0.25, 0.3) is 22.3 Å². The minimum atomic E-state index is -0.185. The highest BCUT2D eigenvalue weighted by atomic mass is 16.2. The van der Waals surface area contributed by atoms with Gasteiger partial charge in [-0.3, -0.25) is 24.6 Å². The molecule has 1 fully saturated rings. The van der Waals surface area contributed by atoms with E-state index in [0.717, 1.165) is 66.2 Å². The normalized spacial score (nSPS) is 14.8. The number of aryl methyl sites for hydroxylation is 1. The molecule has 4 aromatic rings. The van der Waals surface area contributed by atoms with Gasteiger partial charge in [0, 0.05) is 86.0 Å². The van der Waals surface area contributed by atoms with Gasteiger partial charge >= 0.3 is 0 Å². The molecule has 1 aliphatic rings. The van der Waals surface area contributed by atoms with Crippen LogP contribution in [0.15, 0.2) is 36.7 Å². The summed E-state index contributed by atoms with van der Waals surface area (Å²) >= 11 is 0. The van der Waals surface area contributed by atoms with Crippen LogP contribution in [0, 0.1) is 13.8 Å². The molecule has 4 aromatic heterocycles. The summed E-state index contributed by atoms with van der Waals surface area (Å²) in [4.78, 5) is 42.2. The van der Waals surface area contributed by atoms with E-state index in [0.29, 0.717) is 23.6 Å². The van der Waals surface area contributed by atoms with E-state index in [-0.39, 0.29) is 18.1 Å². The first-order valence-corrected chi connectivity index (χ1v) is 12.6. The van der Waals surface area contributed by atoms with Crippen molar-refractivity contribution >= 4 is 22.7 Å². The van der Waals surface area contributed by atoms with Crippen LogP contribution in [0.1, 0.15) is 37.8 Å². The van der Waals surface area contributed by atoms with Gasteiger partial charge in [-0.2, -0.15) is 5.10 Å². The number of carbonyl (C=O) groups excluding carboxylic acids is 2. The van der Waals surface area contributed by atoms with Crippen molar-refractivity contribution in [1.29, 1.82) is 0 Å². The summed E-state index contributed by atoms with van der Waals surface area (Å²) in [6.07, 6.45) is 3.57. The highest BCUT2D eigenvalue weighted by molar-refractivity contribution is 5.97. The molecule has 10 nitrogen and oxygen atoms in total. The lowest BCUT2D eigenvalue weighted by molar-refractivity contribution is 0.0935. The third kappa shape index (κ3) is 5.60. The summed E-state index contributed by atoms with van der Waals surface area (Å²) in [5.41, 5.74) is 5.83. The SMILES string of the molecule is Cc1[nH]nc(C(=O)Cc2cnc3[nH]c(-c4ccnc(C(=O)NCCN5CCN(C)CC5)c4)cc3c2)c1C. The van der Waals surface area contributed by atoms with Crippen molar-refractivity contribution in [3.63, 3.8) is 0 Å². The summed E-state index contributed by atoms with van der Waals surface area (Å²) in [7, 11) is 2.13. The Morgan fingerprint density at radius 3 is 2.65 bits per heavy atom. The van der Waals surface area contributed by atoms with Gasteiger partial charge < -0.3 is 15.2 Å². The topological polar surface area (TPSA) is 123 Å². The Morgan fingerprint density at radius 2 is 1.89 bits per heavy atom. The van der Waals surface area contributed by atoms with Crippen molar-refractivity contribution in [2.24, 2.45) is 0 Å². The first-order chi connectivity index (χ1) is 17.9. The number of hydrogen-bond donors (Lipinski definition) is 3. The number of aromatic amines is 2. The summed E-state index contributed by atoms with van der Waals surface area (Å²) in [5.74, 6) is -0.230. The molecule has 1 amide bonds. The molecule has 192 valence electrons. The molecule has 37 heavy (non-hydrogen) atoms. The highest BCUT2D eigenvalue weighted by Gasteiger charge is 2.17. The molecule has 5 rings (SSSR count). The molecule has 0 unspecified atom stereocenters. The van der Waals surface area contributed by atoms with Gasteiger partial charge in [0.05, 0.1) is 0 Å². The van der Waals surface area contributed by atoms with Crippen LogP contribution in [-0.2, 0) is 6.42 Å². The Hall–Kier alpha value is -3.89. The average molecular weight is 501 g/mol. The number of nitrogens with one attached hydrogen (secondary N) is 3. The second kappa shape index (κ2) is 10.6. The van der Waals surface area contributed by atoms with Crippen LogP contribution in [-0.4, -0.2) is 93.0 Å². The van der Waals surface area contributed by atoms with Crippen LogP contribution in [0.3, 0.4) is 0 Å². The molecule has 3 N–H and O–H groups in total. The maximum Gasteiger partial charge on any atom is 0.269 e. The number of amides is 1. The van der Waals surface area contributed by atoms with E-state index in [1.807, 2.05) is 32.0 Å². The second-order valence-electron chi connectivity index (χ2n) is 9.72. The van der Waals surface area contributed by atoms with E-state index >= 15 is 0 Å². The first-order valence-electron chi connectivity index (χ1n) is 12.6. The molecule has 1 aliphatic heterocycles. The number of likely N-dealkylation sites (N-methyl/N-ethyl adjacent to an activating group) is 1. The van der Waals surface area contributed by atoms with Gasteiger partial charge in [0.25, 0.3) is 5.91 Å². The number of aromatic nitrogens is 5. The number of piperazine rings is 1. The fourth-order valence-electron chi connectivity index (χ4n) is 4.55. The quantitative estimate of drug-likeness (QED) is 0.318. The minimum absolute atomic E-state index is 0.0452. The van der Waals surface area contributed by atoms with Gasteiger partial charge in [0.1, 0.15) is 17.0 Å². The highest BCUT2D eigenvalue weighted by Crippen LogP contribution is 2.24. The van der Waals surface area contributed by atoms with Crippen molar-refractivity contribution < 1.29 is 9.59 Å². The smallest absolute Gasteiger partial charge is 0.269 e. The van der Waals surface area contributed by atoms with Crippen molar-refractivity contribution in [3.8, 4) is 11.3 Å². The van der Waals surface area contributed by atoms with Gasteiger partial charge in [-0.25, -0.2) is 4.98 Å². The van der Waals surface area contributed by atoms with Crippen LogP contribution in [0.5, 0.6) is 0 Å². The number of fused-ring (bicyclic) bond motifs is 1. The number of ketones is 1. The molecule has 0 aromatic carbocycles. The third-order valence-electron chi connectivity index (χ3n) is 7.02. The number of pyridine rings is 2. The number of hydrogen-bond acceptors (Lipinski definition) is 7. The number of carbonyl (C=O) groups is 2. The van der Waals surface area contributed by atoms with Crippen LogP contribution in [0.2, 0.25) is 0 Å². The maximum absolute atomic E-state index is 12.7. The zero-order chi connectivity index (χ0) is 25.9. The monoisotopic (exact) mass is 500 g/mol. The number of rotatable bonds is 8. The lowest BCUT2D eigenvalue weighted by Gasteiger charge is -2.32. The molecule has 0 radical (unpaired) electrons. The summed E-state index contributed by atoms with van der Waals surface area (Å²) in [6.45, 7) is 9.36. The van der Waals surface area contributed by atoms with Crippen molar-refractivity contribution in [1.82, 2.24) is 40.3 Å². The predicted octanol–water partition coefficient (Wildman–Crippen LogP) is 2.37. The zero-order valence-electron chi connectivity index (χ0n) is 21.5. The Labute approximate surface area is 215 Å². The Balaban J connectivity index is 1.24. The van der Waals surface area contributed by atoms with Gasteiger partial charge in [-0.1, -0.05) is 0 Å². The molecule has 0 bridgehead atoms. The first kappa shape index (κ1) is 24.8. The molecule has 5 heterocycles. The fourth-order valence-corrected chi connectivity index (χ4v) is 4.55. The molecule has 0 aliphatic carbocycles. The third-order valence-corrected chi connectivity index (χ3v) is 7.02. The summed E-state index contributed by atoms with van der Waals surface area (Å²) < 4.78 is 0. The summed E-state index contributed by atoms with van der Waals surface area (Å²) in [6, 6.07) is 7.58. The largest absolute Gasteiger partial charge is 0.349 e. The zero-order valence-corrected chi connectivity index (χ0v) is 21.5. The summed E-state index contributed by atoms with van der Waals surface area (Å²) in [5, 5.41) is 10.9. The Morgan fingerprint density at radius 1 is 1.08 bits per heavy atom. The molecule has 1 saturated heterocycles. The lowest BCUT2D eigenvalue weighted by Crippen LogP contribution is -2.46. The van der Waals surface area contributed by atoms with E-state index in [4.69, 9.17) is 0 Å². The molecule has 0 spiro atoms. The van der Waals surface area contributed by atoms with Gasteiger partial charge in [0.15, 0.2) is 5.78 Å². The van der Waals surface area contributed by atoms with E-state index in [2.05, 4.69) is 47.3 Å². The van der Waals surface area contributed by atoms with E-state index in [1.54, 1.807) is 18.5 Å². The molecule has 10 heteroatoms. The Bertz CT molecular complexity index is 1430. The second-order valence-corrected chi connectivity index (χ2v) is 9.72. The van der Waals surface area contributed by atoms with Crippen LogP contribution in [0.4, 0.5) is 0 Å². The molecular weight excluding hydrogens is 468 g/mol. The number of Topliss-reactive ketones (excluding diaryl/α,β-unsaturated/α-hetero) is 1. The van der Waals surface area contributed by atoms with Crippen molar-refractivity contribution in [2.45, 2.75) is 20.3 Å². The van der Waals surface area contributed by atoms with E-state index < -0.39 is 0 Å². The number of nitrogens with zero attached hydrogens (tertiary/aromatic N) is 5. The lowest BCUT2D eigenvalue weighted by atomic mass is 10.0. The fraction of sp³-hybridized carbons (Fsp3) is 0.370. The maximum atomic E-state index is 12.7. The van der Waals surface area contributed by atoms with Crippen LogP contribution >= 0.6 is 0 Å². The standard InChI is InChI=1S/C27H32N8O2/c1-17-18(2)32-33-25(17)24(36)13-19-12-21-15-22(31-26(21)30-16-19)20-4-5-28-23(14-20)27(37)29-6-7-35-10-8-34(3)9-11-35/h4-5,12,14-16H,6-11,13H2,1-3H3,(H,29,37)(H,30,31)(H,32,33). The molecule has 0 atom stereocenters. The minimum Gasteiger partial charge on any atom is -0.349 e. The molecular formula is C27H32N8O2. The Kier molecular flexibility index (Phi) is 7.11. The van der Waals surface area contributed by atoms with E-state index in [9.17, 15) is 9.59 Å². The molecule has 0 saturated carbocycles. The van der Waals surface area contributed by atoms with Crippen molar-refractivity contribution in [2.75, 3.05) is 46.3 Å². The van der Waals surface area contributed by atoms with Crippen LogP contribution < -0.4 is 5.32 Å². The van der Waals surface area contributed by atoms with Gasteiger partial charge in [-0.05, 0) is 50.7 Å².